The Hall–Kier alpha value is -2.50. The van der Waals surface area contributed by atoms with E-state index in [-0.39, 0.29) is 5.91 Å². The summed E-state index contributed by atoms with van der Waals surface area (Å²) in [5, 5.41) is 2.79. The Morgan fingerprint density at radius 3 is 2.75 bits per heavy atom. The predicted molar refractivity (Wildman–Crippen MR) is 90.4 cm³/mol. The van der Waals surface area contributed by atoms with Gasteiger partial charge in [0.2, 0.25) is 5.95 Å². The van der Waals surface area contributed by atoms with Crippen molar-refractivity contribution in [1.82, 2.24) is 15.3 Å². The van der Waals surface area contributed by atoms with Crippen LogP contribution in [-0.2, 0) is 6.54 Å². The summed E-state index contributed by atoms with van der Waals surface area (Å²) in [5.74, 6) is -0.0112. The number of nitrogens with one attached hydrogen (secondary N) is 1. The average molecular weight is 328 g/mol. The van der Waals surface area contributed by atoms with Gasteiger partial charge >= 0.3 is 0 Å². The minimum Gasteiger partial charge on any atom is -0.346 e. The molecule has 126 valence electrons. The number of carbonyl (C=O) groups is 1. The number of rotatable bonds is 4. The molecule has 1 aromatic heterocycles. The molecule has 1 aromatic carbocycles. The van der Waals surface area contributed by atoms with E-state index in [1.807, 2.05) is 13.0 Å². The van der Waals surface area contributed by atoms with Crippen molar-refractivity contribution in [3.05, 3.63) is 53.1 Å². The molecule has 2 aromatic rings. The quantitative estimate of drug-likeness (QED) is 0.937. The van der Waals surface area contributed by atoms with Gasteiger partial charge in [0.1, 0.15) is 5.82 Å². The van der Waals surface area contributed by atoms with Crippen molar-refractivity contribution in [2.75, 3.05) is 18.0 Å². The number of aryl methyl sites for hydroxylation is 1. The van der Waals surface area contributed by atoms with Crippen molar-refractivity contribution < 1.29 is 9.18 Å². The van der Waals surface area contributed by atoms with Gasteiger partial charge in [-0.1, -0.05) is 6.07 Å². The van der Waals surface area contributed by atoms with E-state index in [2.05, 4.69) is 20.2 Å². The van der Waals surface area contributed by atoms with Gasteiger partial charge in [0.15, 0.2) is 0 Å². The SMILES string of the molecule is Cc1cc(CNC(=O)c2cccc(F)c2)nc(N2CCCCC2)n1. The van der Waals surface area contributed by atoms with Gasteiger partial charge in [0.25, 0.3) is 5.91 Å². The maximum absolute atomic E-state index is 13.2. The van der Waals surface area contributed by atoms with Crippen molar-refractivity contribution in [3.8, 4) is 0 Å². The second-order valence-corrected chi connectivity index (χ2v) is 6.04. The molecule has 0 saturated carbocycles. The summed E-state index contributed by atoms with van der Waals surface area (Å²) in [7, 11) is 0. The van der Waals surface area contributed by atoms with Crippen molar-refractivity contribution in [1.29, 1.82) is 0 Å². The summed E-state index contributed by atoms with van der Waals surface area (Å²) in [5.41, 5.74) is 1.94. The number of nitrogens with zero attached hydrogens (tertiary/aromatic N) is 3. The standard InChI is InChI=1S/C18H21FN4O/c1-13-10-16(22-18(21-13)23-8-3-2-4-9-23)12-20-17(24)14-6-5-7-15(19)11-14/h5-7,10-11H,2-4,8-9,12H2,1H3,(H,20,24). The van der Waals surface area contributed by atoms with Crippen LogP contribution < -0.4 is 10.2 Å². The van der Waals surface area contributed by atoms with E-state index in [0.717, 1.165) is 43.3 Å². The van der Waals surface area contributed by atoms with E-state index in [1.165, 1.54) is 24.6 Å². The molecule has 0 aliphatic carbocycles. The molecule has 6 heteroatoms. The van der Waals surface area contributed by atoms with Crippen LogP contribution in [0.25, 0.3) is 0 Å². The topological polar surface area (TPSA) is 58.1 Å². The zero-order valence-corrected chi connectivity index (χ0v) is 13.8. The van der Waals surface area contributed by atoms with E-state index < -0.39 is 5.82 Å². The molecule has 1 amide bonds. The van der Waals surface area contributed by atoms with Crippen LogP contribution in [0.15, 0.2) is 30.3 Å². The normalized spacial score (nSPS) is 14.5. The number of hydrogen-bond donors (Lipinski definition) is 1. The van der Waals surface area contributed by atoms with E-state index >= 15 is 0 Å². The number of hydrogen-bond acceptors (Lipinski definition) is 4. The van der Waals surface area contributed by atoms with Gasteiger partial charge < -0.3 is 10.2 Å². The predicted octanol–water partition coefficient (Wildman–Crippen LogP) is 2.84. The fourth-order valence-corrected chi connectivity index (χ4v) is 2.85. The maximum atomic E-state index is 13.2. The minimum absolute atomic E-state index is 0.291. The lowest BCUT2D eigenvalue weighted by Crippen LogP contribution is -2.32. The highest BCUT2D eigenvalue weighted by molar-refractivity contribution is 5.94. The zero-order chi connectivity index (χ0) is 16.9. The van der Waals surface area contributed by atoms with Gasteiger partial charge in [-0.3, -0.25) is 4.79 Å². The Balaban J connectivity index is 1.68. The number of aromatic nitrogens is 2. The Kier molecular flexibility index (Phi) is 5.03. The summed E-state index contributed by atoms with van der Waals surface area (Å²) in [6, 6.07) is 7.50. The van der Waals surface area contributed by atoms with Crippen LogP contribution in [0, 0.1) is 12.7 Å². The number of benzene rings is 1. The molecular formula is C18H21FN4O. The third-order valence-corrected chi connectivity index (χ3v) is 4.05. The Morgan fingerprint density at radius 1 is 1.21 bits per heavy atom. The first-order valence-electron chi connectivity index (χ1n) is 8.25. The molecule has 1 saturated heterocycles. The van der Waals surface area contributed by atoms with E-state index in [9.17, 15) is 9.18 Å². The lowest BCUT2D eigenvalue weighted by Gasteiger charge is -2.27. The third kappa shape index (κ3) is 4.07. The molecule has 0 bridgehead atoms. The summed E-state index contributed by atoms with van der Waals surface area (Å²) in [6.07, 6.45) is 3.56. The van der Waals surface area contributed by atoms with Gasteiger partial charge in [-0.2, -0.15) is 0 Å². The molecule has 1 aliphatic rings. The lowest BCUT2D eigenvalue weighted by atomic mass is 10.1. The van der Waals surface area contributed by atoms with Crippen LogP contribution in [0.3, 0.4) is 0 Å². The molecular weight excluding hydrogens is 307 g/mol. The van der Waals surface area contributed by atoms with Gasteiger partial charge in [-0.25, -0.2) is 14.4 Å². The van der Waals surface area contributed by atoms with E-state index in [4.69, 9.17) is 0 Å². The Bertz CT molecular complexity index is 729. The van der Waals surface area contributed by atoms with Crippen molar-refractivity contribution >= 4 is 11.9 Å². The number of piperidine rings is 1. The molecule has 1 N–H and O–H groups in total. The van der Waals surface area contributed by atoms with Crippen molar-refractivity contribution in [2.45, 2.75) is 32.7 Å². The second-order valence-electron chi connectivity index (χ2n) is 6.04. The average Bonchev–Trinajstić information content (AvgIpc) is 2.60. The van der Waals surface area contributed by atoms with Gasteiger partial charge in [-0.05, 0) is 50.5 Å². The first-order chi connectivity index (χ1) is 11.6. The van der Waals surface area contributed by atoms with Crippen LogP contribution in [0.1, 0.15) is 41.0 Å². The van der Waals surface area contributed by atoms with Gasteiger partial charge in [-0.15, -0.1) is 0 Å². The fourth-order valence-electron chi connectivity index (χ4n) is 2.85. The van der Waals surface area contributed by atoms with Crippen LogP contribution >= 0.6 is 0 Å². The molecule has 0 atom stereocenters. The van der Waals surface area contributed by atoms with Crippen LogP contribution in [0.5, 0.6) is 0 Å². The van der Waals surface area contributed by atoms with Crippen LogP contribution in [0.2, 0.25) is 0 Å². The van der Waals surface area contributed by atoms with Gasteiger partial charge in [0.05, 0.1) is 12.2 Å². The minimum atomic E-state index is -0.423. The summed E-state index contributed by atoms with van der Waals surface area (Å²) in [4.78, 5) is 23.4. The molecule has 0 unspecified atom stereocenters. The second kappa shape index (κ2) is 7.38. The van der Waals surface area contributed by atoms with E-state index in [1.54, 1.807) is 6.07 Å². The first-order valence-corrected chi connectivity index (χ1v) is 8.25. The molecule has 2 heterocycles. The van der Waals surface area contributed by atoms with Crippen LogP contribution in [0.4, 0.5) is 10.3 Å². The number of halogens is 1. The maximum Gasteiger partial charge on any atom is 0.251 e. The third-order valence-electron chi connectivity index (χ3n) is 4.05. The molecule has 3 rings (SSSR count). The number of carbonyl (C=O) groups excluding carboxylic acids is 1. The number of amides is 1. The molecule has 24 heavy (non-hydrogen) atoms. The van der Waals surface area contributed by atoms with E-state index in [0.29, 0.717) is 12.1 Å². The smallest absolute Gasteiger partial charge is 0.251 e. The molecule has 5 nitrogen and oxygen atoms in total. The molecule has 0 spiro atoms. The monoisotopic (exact) mass is 328 g/mol. The highest BCUT2D eigenvalue weighted by Gasteiger charge is 2.15. The van der Waals surface area contributed by atoms with Crippen molar-refractivity contribution in [3.63, 3.8) is 0 Å². The van der Waals surface area contributed by atoms with Crippen LogP contribution in [-0.4, -0.2) is 29.0 Å². The summed E-state index contributed by atoms with van der Waals surface area (Å²) >= 11 is 0. The highest BCUT2D eigenvalue weighted by atomic mass is 19.1. The van der Waals surface area contributed by atoms with Gasteiger partial charge in [0, 0.05) is 24.3 Å². The number of anilines is 1. The molecule has 1 fully saturated rings. The lowest BCUT2D eigenvalue weighted by molar-refractivity contribution is 0.0950. The zero-order valence-electron chi connectivity index (χ0n) is 13.8. The summed E-state index contributed by atoms with van der Waals surface area (Å²) in [6.45, 7) is 4.16. The fraction of sp³-hybridized carbons (Fsp3) is 0.389. The molecule has 0 radical (unpaired) electrons. The first kappa shape index (κ1) is 16.4. The Labute approximate surface area is 140 Å². The molecule has 1 aliphatic heterocycles. The highest BCUT2D eigenvalue weighted by Crippen LogP contribution is 2.16. The van der Waals surface area contributed by atoms with Crippen molar-refractivity contribution in [2.24, 2.45) is 0 Å². The Morgan fingerprint density at radius 2 is 2.00 bits per heavy atom. The summed E-state index contributed by atoms with van der Waals surface area (Å²) < 4.78 is 13.2. The largest absolute Gasteiger partial charge is 0.346 e.